The van der Waals surface area contributed by atoms with E-state index >= 15 is 0 Å². The van der Waals surface area contributed by atoms with Crippen LogP contribution in [0.3, 0.4) is 0 Å². The minimum absolute atomic E-state index is 0.0769. The minimum atomic E-state index is -0.782. The Labute approximate surface area is 466 Å². The van der Waals surface area contributed by atoms with Gasteiger partial charge in [-0.15, -0.1) is 0 Å². The summed E-state index contributed by atoms with van der Waals surface area (Å²) in [6.45, 7) is 6.64. The zero-order chi connectivity index (χ0) is 54.3. The summed E-state index contributed by atoms with van der Waals surface area (Å²) >= 11 is 0. The molecule has 0 aliphatic heterocycles. The molecule has 0 aromatic rings. The van der Waals surface area contributed by atoms with Gasteiger partial charge in [-0.2, -0.15) is 0 Å². The number of carbonyl (C=O) groups excluding carboxylic acids is 3. The van der Waals surface area contributed by atoms with Crippen molar-refractivity contribution in [1.82, 2.24) is 0 Å². The zero-order valence-corrected chi connectivity index (χ0v) is 50.1. The quantitative estimate of drug-likeness (QED) is 0.0261. The first-order chi connectivity index (χ1) is 37.0. The van der Waals surface area contributed by atoms with Gasteiger partial charge in [-0.3, -0.25) is 14.4 Å². The van der Waals surface area contributed by atoms with Gasteiger partial charge in [0, 0.05) is 19.3 Å². The van der Waals surface area contributed by atoms with E-state index in [9.17, 15) is 14.4 Å². The Hall–Kier alpha value is -2.89. The van der Waals surface area contributed by atoms with E-state index < -0.39 is 6.10 Å². The lowest BCUT2D eigenvalue weighted by molar-refractivity contribution is -0.167. The maximum Gasteiger partial charge on any atom is 0.306 e. The van der Waals surface area contributed by atoms with E-state index in [1.54, 1.807) is 0 Å². The molecule has 0 aromatic carbocycles. The molecule has 0 aromatic heterocycles. The van der Waals surface area contributed by atoms with Crippen molar-refractivity contribution >= 4 is 17.9 Å². The van der Waals surface area contributed by atoms with Crippen LogP contribution in [0.5, 0.6) is 0 Å². The van der Waals surface area contributed by atoms with Gasteiger partial charge in [-0.05, 0) is 89.9 Å². The number of ether oxygens (including phenoxy) is 3. The van der Waals surface area contributed by atoms with Gasteiger partial charge in [0.05, 0.1) is 0 Å². The molecule has 436 valence electrons. The molecule has 0 rings (SSSR count). The Morgan fingerprint density at radius 3 is 0.773 bits per heavy atom. The average molecular weight is 1050 g/mol. The van der Waals surface area contributed by atoms with Crippen molar-refractivity contribution in [1.29, 1.82) is 0 Å². The number of rotatable bonds is 60. The van der Waals surface area contributed by atoms with Crippen LogP contribution in [0.1, 0.15) is 342 Å². The summed E-state index contributed by atoms with van der Waals surface area (Å²) in [6, 6.07) is 0. The monoisotopic (exact) mass is 1050 g/mol. The van der Waals surface area contributed by atoms with Crippen LogP contribution < -0.4 is 0 Å². The highest BCUT2D eigenvalue weighted by Gasteiger charge is 2.19. The Bertz CT molecular complexity index is 1340. The lowest BCUT2D eigenvalue weighted by Gasteiger charge is -2.18. The molecule has 0 fully saturated rings. The molecule has 0 spiro atoms. The SMILES string of the molecule is CCCCC/C=C\C/C=C\CCCCCCCCCCCC(=O)OC(COC(=O)CCCCCCCC/C=C\C/C=C\C/C=C\CCCCCCC)COC(=O)CCCCCCCCCCCCCCCCCCC. The largest absolute Gasteiger partial charge is 0.462 e. The third-order valence-corrected chi connectivity index (χ3v) is 14.5. The lowest BCUT2D eigenvalue weighted by Crippen LogP contribution is -2.30. The number of carbonyl (C=O) groups is 3. The number of esters is 3. The van der Waals surface area contributed by atoms with Crippen molar-refractivity contribution in [2.45, 2.75) is 348 Å². The fourth-order valence-electron chi connectivity index (χ4n) is 9.54. The third kappa shape index (κ3) is 61.8. The van der Waals surface area contributed by atoms with Gasteiger partial charge in [0.1, 0.15) is 13.2 Å². The van der Waals surface area contributed by atoms with E-state index in [0.717, 1.165) is 83.5 Å². The van der Waals surface area contributed by atoms with Crippen molar-refractivity contribution < 1.29 is 28.6 Å². The van der Waals surface area contributed by atoms with Crippen molar-refractivity contribution in [2.75, 3.05) is 13.2 Å². The van der Waals surface area contributed by atoms with Gasteiger partial charge in [0.25, 0.3) is 0 Å². The Balaban J connectivity index is 4.38. The molecule has 6 nitrogen and oxygen atoms in total. The molecule has 0 bridgehead atoms. The van der Waals surface area contributed by atoms with Crippen LogP contribution in [-0.4, -0.2) is 37.2 Å². The van der Waals surface area contributed by atoms with Crippen molar-refractivity contribution in [3.63, 3.8) is 0 Å². The molecule has 0 saturated carbocycles. The Morgan fingerprint density at radius 2 is 0.480 bits per heavy atom. The predicted octanol–water partition coefficient (Wildman–Crippen LogP) is 22.3. The van der Waals surface area contributed by atoms with E-state index in [-0.39, 0.29) is 31.1 Å². The Morgan fingerprint density at radius 1 is 0.267 bits per heavy atom. The van der Waals surface area contributed by atoms with E-state index in [2.05, 4.69) is 81.5 Å². The zero-order valence-electron chi connectivity index (χ0n) is 50.1. The second-order valence-electron chi connectivity index (χ2n) is 22.0. The van der Waals surface area contributed by atoms with Gasteiger partial charge in [-0.25, -0.2) is 0 Å². The highest BCUT2D eigenvalue weighted by molar-refractivity contribution is 5.71. The summed E-state index contributed by atoms with van der Waals surface area (Å²) in [4.78, 5) is 38.4. The first kappa shape index (κ1) is 72.1. The Kier molecular flexibility index (Phi) is 61.2. The van der Waals surface area contributed by atoms with Crippen molar-refractivity contribution in [3.05, 3.63) is 60.8 Å². The summed E-state index contributed by atoms with van der Waals surface area (Å²) < 4.78 is 17.0. The molecule has 0 radical (unpaired) electrons. The minimum Gasteiger partial charge on any atom is -0.462 e. The van der Waals surface area contributed by atoms with Gasteiger partial charge < -0.3 is 14.2 Å². The van der Waals surface area contributed by atoms with E-state index in [1.807, 2.05) is 0 Å². The fourth-order valence-corrected chi connectivity index (χ4v) is 9.54. The normalized spacial score (nSPS) is 12.4. The van der Waals surface area contributed by atoms with E-state index in [0.29, 0.717) is 19.3 Å². The molecular formula is C69H124O6. The summed E-state index contributed by atoms with van der Waals surface area (Å²) in [6.07, 6.45) is 80.7. The topological polar surface area (TPSA) is 78.9 Å². The number of hydrogen-bond acceptors (Lipinski definition) is 6. The number of unbranched alkanes of at least 4 members (excludes halogenated alkanes) is 39. The summed E-state index contributed by atoms with van der Waals surface area (Å²) in [5.41, 5.74) is 0. The molecule has 75 heavy (non-hydrogen) atoms. The molecule has 0 aliphatic rings. The van der Waals surface area contributed by atoms with Crippen molar-refractivity contribution in [3.8, 4) is 0 Å². The van der Waals surface area contributed by atoms with Crippen LogP contribution in [0.2, 0.25) is 0 Å². The van der Waals surface area contributed by atoms with Gasteiger partial charge in [0.2, 0.25) is 0 Å². The highest BCUT2D eigenvalue weighted by atomic mass is 16.6. The molecule has 0 aliphatic carbocycles. The number of allylic oxidation sites excluding steroid dienone is 10. The van der Waals surface area contributed by atoms with Gasteiger partial charge in [-0.1, -0.05) is 293 Å². The van der Waals surface area contributed by atoms with Crippen LogP contribution in [0.15, 0.2) is 60.8 Å². The first-order valence-corrected chi connectivity index (χ1v) is 32.8. The van der Waals surface area contributed by atoms with Crippen LogP contribution in [-0.2, 0) is 28.6 Å². The molecule has 0 N–H and O–H groups in total. The van der Waals surface area contributed by atoms with E-state index in [4.69, 9.17) is 14.2 Å². The maximum atomic E-state index is 12.9. The van der Waals surface area contributed by atoms with Crippen molar-refractivity contribution in [2.24, 2.45) is 0 Å². The average Bonchev–Trinajstić information content (AvgIpc) is 3.41. The molecule has 0 heterocycles. The summed E-state index contributed by atoms with van der Waals surface area (Å²) in [5.74, 6) is -0.874. The molecule has 1 atom stereocenters. The van der Waals surface area contributed by atoms with Crippen LogP contribution >= 0.6 is 0 Å². The summed E-state index contributed by atoms with van der Waals surface area (Å²) in [7, 11) is 0. The molecule has 6 heteroatoms. The van der Waals surface area contributed by atoms with Gasteiger partial charge >= 0.3 is 17.9 Å². The van der Waals surface area contributed by atoms with Crippen LogP contribution in [0.4, 0.5) is 0 Å². The highest BCUT2D eigenvalue weighted by Crippen LogP contribution is 2.17. The van der Waals surface area contributed by atoms with Crippen LogP contribution in [0, 0.1) is 0 Å². The fraction of sp³-hybridized carbons (Fsp3) is 0.812. The van der Waals surface area contributed by atoms with Gasteiger partial charge in [0.15, 0.2) is 6.10 Å². The molecule has 0 amide bonds. The molecule has 1 unspecified atom stereocenters. The lowest BCUT2D eigenvalue weighted by atomic mass is 10.0. The molecular weight excluding hydrogens is 925 g/mol. The first-order valence-electron chi connectivity index (χ1n) is 32.8. The van der Waals surface area contributed by atoms with Crippen LogP contribution in [0.25, 0.3) is 0 Å². The standard InChI is InChI=1S/C69H124O6/c1-4-7-10-13-16-19-22-25-28-31-33-34-36-38-41-44-47-50-53-56-59-62-68(71)74-65-66(64-73-67(70)61-58-55-52-49-46-43-40-37-30-27-24-21-18-15-12-9-6-3)75-69(72)63-60-57-54-51-48-45-42-39-35-32-29-26-23-20-17-14-11-8-5-2/h17,20,22,25-26,29,31,33,36,38,66H,4-16,18-19,21,23-24,27-28,30,32,34-35,37,39-65H2,1-3H3/b20-17-,25-22-,29-26-,33-31-,38-36-. The molecule has 0 saturated heterocycles. The maximum absolute atomic E-state index is 12.9. The second-order valence-corrected chi connectivity index (χ2v) is 22.0. The third-order valence-electron chi connectivity index (χ3n) is 14.5. The number of hydrogen-bond donors (Lipinski definition) is 0. The smallest absolute Gasteiger partial charge is 0.306 e. The predicted molar refractivity (Wildman–Crippen MR) is 325 cm³/mol. The van der Waals surface area contributed by atoms with E-state index in [1.165, 1.54) is 218 Å². The second kappa shape index (κ2) is 63.6. The summed E-state index contributed by atoms with van der Waals surface area (Å²) in [5, 5.41) is 0.